The fourth-order valence-electron chi connectivity index (χ4n) is 2.49. The molecular formula is C14H11NO3S. The molecule has 2 aliphatic rings. The van der Waals surface area contributed by atoms with Crippen molar-refractivity contribution >= 4 is 29.3 Å². The van der Waals surface area contributed by atoms with Crippen LogP contribution in [0.2, 0.25) is 0 Å². The van der Waals surface area contributed by atoms with Crippen molar-refractivity contribution in [1.82, 2.24) is 0 Å². The van der Waals surface area contributed by atoms with Crippen LogP contribution < -0.4 is 4.90 Å². The Morgan fingerprint density at radius 2 is 2.32 bits per heavy atom. The minimum Gasteiger partial charge on any atom is -0.450 e. The number of thioether (sulfide) groups is 1. The summed E-state index contributed by atoms with van der Waals surface area (Å²) >= 11 is 1.38. The van der Waals surface area contributed by atoms with E-state index >= 15 is 0 Å². The van der Waals surface area contributed by atoms with Crippen LogP contribution in [0.3, 0.4) is 0 Å². The van der Waals surface area contributed by atoms with E-state index < -0.39 is 10.8 Å². The minimum absolute atomic E-state index is 0.0462. The molecule has 0 saturated carbocycles. The van der Waals surface area contributed by atoms with Gasteiger partial charge in [-0.2, -0.15) is 0 Å². The number of esters is 1. The Labute approximate surface area is 115 Å². The molecule has 0 N–H and O–H groups in total. The Bertz CT molecular complexity index is 607. The predicted molar refractivity (Wildman–Crippen MR) is 71.5 cm³/mol. The number of rotatable bonds is 2. The topological polar surface area (TPSA) is 46.6 Å². The van der Waals surface area contributed by atoms with Crippen LogP contribution in [-0.2, 0) is 14.3 Å². The molecule has 19 heavy (non-hydrogen) atoms. The van der Waals surface area contributed by atoms with Crippen molar-refractivity contribution in [1.29, 1.82) is 0 Å². The van der Waals surface area contributed by atoms with Crippen LogP contribution in [0, 0.1) is 12.3 Å². The van der Waals surface area contributed by atoms with E-state index in [0.717, 1.165) is 10.6 Å². The van der Waals surface area contributed by atoms with Crippen LogP contribution in [0.25, 0.3) is 0 Å². The molecule has 1 amide bonds. The number of hydrogen-bond donors (Lipinski definition) is 0. The summed E-state index contributed by atoms with van der Waals surface area (Å²) in [5.41, 5.74) is 0.785. The molecule has 1 atom stereocenters. The molecule has 0 aromatic heterocycles. The number of hydrogen-bond acceptors (Lipinski definition) is 4. The van der Waals surface area contributed by atoms with Crippen molar-refractivity contribution < 1.29 is 14.3 Å². The van der Waals surface area contributed by atoms with Crippen LogP contribution in [-0.4, -0.2) is 23.4 Å². The van der Waals surface area contributed by atoms with E-state index in [1.807, 2.05) is 24.3 Å². The standard InChI is InChI=1S/C14H11NO3S/c1-2-9-18-13(17)14-8-7-12(16)15(14)10-5-3-4-6-11(10)19-14/h1,3-6H,7-9H2/t14-/m1/s1. The number of nitrogens with zero attached hydrogens (tertiary/aromatic N) is 1. The first-order valence-corrected chi connectivity index (χ1v) is 6.72. The summed E-state index contributed by atoms with van der Waals surface area (Å²) in [7, 11) is 0. The highest BCUT2D eigenvalue weighted by Crippen LogP contribution is 2.56. The Hall–Kier alpha value is -1.93. The third-order valence-corrected chi connectivity index (χ3v) is 4.74. The van der Waals surface area contributed by atoms with Crippen molar-refractivity contribution in [3.05, 3.63) is 24.3 Å². The number of benzene rings is 1. The van der Waals surface area contributed by atoms with Gasteiger partial charge in [0.25, 0.3) is 0 Å². The first-order valence-electron chi connectivity index (χ1n) is 5.91. The van der Waals surface area contributed by atoms with Crippen LogP contribution in [0.5, 0.6) is 0 Å². The third-order valence-electron chi connectivity index (χ3n) is 3.28. The molecular weight excluding hydrogens is 262 g/mol. The highest BCUT2D eigenvalue weighted by atomic mass is 32.2. The van der Waals surface area contributed by atoms with Gasteiger partial charge in [-0.3, -0.25) is 9.69 Å². The fraction of sp³-hybridized carbons (Fsp3) is 0.286. The number of ether oxygens (including phenoxy) is 1. The van der Waals surface area contributed by atoms with E-state index in [-0.39, 0.29) is 12.5 Å². The predicted octanol–water partition coefficient (Wildman–Crippen LogP) is 1.79. The summed E-state index contributed by atoms with van der Waals surface area (Å²) in [5, 5.41) is 0. The van der Waals surface area contributed by atoms with Gasteiger partial charge in [-0.15, -0.1) is 6.42 Å². The lowest BCUT2D eigenvalue weighted by atomic mass is 10.2. The Morgan fingerprint density at radius 1 is 1.53 bits per heavy atom. The highest BCUT2D eigenvalue weighted by Gasteiger charge is 2.58. The second kappa shape index (κ2) is 4.32. The Kier molecular flexibility index (Phi) is 2.76. The summed E-state index contributed by atoms with van der Waals surface area (Å²) in [6.07, 6.45) is 5.91. The average Bonchev–Trinajstić information content (AvgIpc) is 2.92. The maximum absolute atomic E-state index is 12.3. The molecule has 3 rings (SSSR count). The van der Waals surface area contributed by atoms with E-state index in [4.69, 9.17) is 11.2 Å². The summed E-state index contributed by atoms with van der Waals surface area (Å²) in [4.78, 5) is 25.9. The number of anilines is 1. The number of fused-ring (bicyclic) bond motifs is 3. The van der Waals surface area contributed by atoms with Gasteiger partial charge in [0.1, 0.15) is 0 Å². The Balaban J connectivity index is 2.01. The molecule has 2 heterocycles. The molecule has 1 aromatic carbocycles. The number of carbonyl (C=O) groups is 2. The van der Waals surface area contributed by atoms with Gasteiger partial charge in [0, 0.05) is 17.7 Å². The number of carbonyl (C=O) groups excluding carboxylic acids is 2. The lowest BCUT2D eigenvalue weighted by Gasteiger charge is -2.28. The monoisotopic (exact) mass is 273 g/mol. The van der Waals surface area contributed by atoms with Gasteiger partial charge in [-0.1, -0.05) is 29.8 Å². The molecule has 1 fully saturated rings. The molecule has 0 bridgehead atoms. The number of amides is 1. The zero-order chi connectivity index (χ0) is 13.5. The van der Waals surface area contributed by atoms with Gasteiger partial charge >= 0.3 is 5.97 Å². The van der Waals surface area contributed by atoms with E-state index in [1.54, 1.807) is 4.90 Å². The quantitative estimate of drug-likeness (QED) is 0.609. The zero-order valence-corrected chi connectivity index (χ0v) is 10.9. The molecule has 96 valence electrons. The molecule has 0 aliphatic carbocycles. The van der Waals surface area contributed by atoms with Gasteiger partial charge in [0.2, 0.25) is 5.91 Å². The van der Waals surface area contributed by atoms with Gasteiger partial charge in [-0.05, 0) is 12.1 Å². The molecule has 1 aromatic rings. The second-order valence-electron chi connectivity index (χ2n) is 4.36. The van der Waals surface area contributed by atoms with E-state index in [9.17, 15) is 9.59 Å². The van der Waals surface area contributed by atoms with Crippen molar-refractivity contribution in [3.8, 4) is 12.3 Å². The molecule has 0 spiro atoms. The Morgan fingerprint density at radius 3 is 3.11 bits per heavy atom. The van der Waals surface area contributed by atoms with E-state index in [0.29, 0.717) is 12.8 Å². The zero-order valence-electron chi connectivity index (χ0n) is 10.1. The smallest absolute Gasteiger partial charge is 0.344 e. The second-order valence-corrected chi connectivity index (χ2v) is 5.68. The summed E-state index contributed by atoms with van der Waals surface area (Å²) in [6.45, 7) is -0.0699. The molecule has 0 unspecified atom stereocenters. The summed E-state index contributed by atoms with van der Waals surface area (Å²) in [6, 6.07) is 7.50. The van der Waals surface area contributed by atoms with E-state index in [1.165, 1.54) is 11.8 Å². The van der Waals surface area contributed by atoms with Gasteiger partial charge < -0.3 is 4.74 Å². The molecule has 4 nitrogen and oxygen atoms in total. The van der Waals surface area contributed by atoms with Crippen molar-refractivity contribution in [2.45, 2.75) is 22.6 Å². The summed E-state index contributed by atoms with van der Waals surface area (Å²) in [5.74, 6) is 1.80. The fourth-order valence-corrected chi connectivity index (χ4v) is 3.90. The van der Waals surface area contributed by atoms with Crippen molar-refractivity contribution in [2.75, 3.05) is 11.5 Å². The van der Waals surface area contributed by atoms with Crippen LogP contribution in [0.15, 0.2) is 29.2 Å². The molecule has 5 heteroatoms. The van der Waals surface area contributed by atoms with Crippen LogP contribution >= 0.6 is 11.8 Å². The maximum Gasteiger partial charge on any atom is 0.344 e. The van der Waals surface area contributed by atoms with Gasteiger partial charge in [-0.25, -0.2) is 4.79 Å². The first kappa shape index (κ1) is 12.1. The summed E-state index contributed by atoms with van der Waals surface area (Å²) < 4.78 is 5.07. The minimum atomic E-state index is -0.961. The lowest BCUT2D eigenvalue weighted by Crippen LogP contribution is -2.47. The molecule has 0 radical (unpaired) electrons. The van der Waals surface area contributed by atoms with Crippen LogP contribution in [0.4, 0.5) is 5.69 Å². The molecule has 1 saturated heterocycles. The van der Waals surface area contributed by atoms with Gasteiger partial charge in [0.05, 0.1) is 5.69 Å². The van der Waals surface area contributed by atoms with Gasteiger partial charge in [0.15, 0.2) is 11.5 Å². The first-order chi connectivity index (χ1) is 9.19. The number of terminal acetylenes is 1. The number of para-hydroxylation sites is 1. The average molecular weight is 273 g/mol. The SMILES string of the molecule is C#CCOC(=O)[C@]12CCC(=O)N1c1ccccc1S2. The lowest BCUT2D eigenvalue weighted by molar-refractivity contribution is -0.145. The van der Waals surface area contributed by atoms with Crippen molar-refractivity contribution in [2.24, 2.45) is 0 Å². The maximum atomic E-state index is 12.3. The van der Waals surface area contributed by atoms with Crippen molar-refractivity contribution in [3.63, 3.8) is 0 Å². The van der Waals surface area contributed by atoms with Crippen LogP contribution in [0.1, 0.15) is 12.8 Å². The third kappa shape index (κ3) is 1.64. The molecule has 2 aliphatic heterocycles. The highest BCUT2D eigenvalue weighted by molar-refractivity contribution is 8.02. The normalized spacial score (nSPS) is 23.7. The van der Waals surface area contributed by atoms with E-state index in [2.05, 4.69) is 5.92 Å². The largest absolute Gasteiger partial charge is 0.450 e.